The highest BCUT2D eigenvalue weighted by molar-refractivity contribution is 7.11. The molecule has 0 amide bonds. The lowest BCUT2D eigenvalue weighted by Gasteiger charge is -2.39. The number of carbonyl (C=O) groups excluding carboxylic acids is 1. The van der Waals surface area contributed by atoms with E-state index in [1.807, 2.05) is 19.2 Å². The zero-order chi connectivity index (χ0) is 24.4. The largest absolute Gasteiger partial charge is 0.344 e. The molecule has 2 aliphatic heterocycles. The number of ketones is 1. The van der Waals surface area contributed by atoms with Gasteiger partial charge in [0.15, 0.2) is 0 Å². The molecular formula is C27H36F2N4OS. The van der Waals surface area contributed by atoms with Crippen LogP contribution in [-0.4, -0.2) is 59.3 Å². The molecule has 0 atom stereocenters. The van der Waals surface area contributed by atoms with Gasteiger partial charge in [-0.25, -0.2) is 18.7 Å². The van der Waals surface area contributed by atoms with Crippen LogP contribution < -0.4 is 4.90 Å². The average Bonchev–Trinajstić information content (AvgIpc) is 3.10. The molecule has 5 nitrogen and oxygen atoms in total. The Hall–Kier alpha value is -1.93. The third-order valence-electron chi connectivity index (χ3n) is 7.96. The van der Waals surface area contributed by atoms with Gasteiger partial charge >= 0.3 is 0 Å². The summed E-state index contributed by atoms with van der Waals surface area (Å²) in [4.78, 5) is 26.8. The number of aryl methyl sites for hydroxylation is 1. The molecule has 0 spiro atoms. The monoisotopic (exact) mass is 502 g/mol. The van der Waals surface area contributed by atoms with Crippen LogP contribution in [-0.2, 0) is 24.1 Å². The first-order valence-corrected chi connectivity index (χ1v) is 13.9. The second-order valence-electron chi connectivity index (χ2n) is 10.8. The molecule has 2 fully saturated rings. The molecular weight excluding hydrogens is 466 g/mol. The molecule has 0 N–H and O–H groups in total. The van der Waals surface area contributed by atoms with Gasteiger partial charge in [0.2, 0.25) is 0 Å². The van der Waals surface area contributed by atoms with E-state index in [1.165, 1.54) is 37.7 Å². The van der Waals surface area contributed by atoms with Crippen LogP contribution in [0.1, 0.15) is 59.7 Å². The predicted octanol–water partition coefficient (Wildman–Crippen LogP) is 5.10. The number of rotatable bonds is 8. The van der Waals surface area contributed by atoms with E-state index >= 15 is 0 Å². The quantitative estimate of drug-likeness (QED) is 0.503. The van der Waals surface area contributed by atoms with E-state index in [2.05, 4.69) is 16.0 Å². The van der Waals surface area contributed by atoms with E-state index in [9.17, 15) is 13.6 Å². The van der Waals surface area contributed by atoms with Crippen molar-refractivity contribution in [2.45, 2.75) is 70.6 Å². The molecule has 3 aliphatic rings. The Morgan fingerprint density at radius 2 is 1.86 bits per heavy atom. The fourth-order valence-corrected chi connectivity index (χ4v) is 6.68. The van der Waals surface area contributed by atoms with Crippen molar-refractivity contribution in [2.75, 3.05) is 37.6 Å². The molecule has 1 aliphatic carbocycles. The summed E-state index contributed by atoms with van der Waals surface area (Å²) in [6.45, 7) is 4.69. The Kier molecular flexibility index (Phi) is 7.49. The highest BCUT2D eigenvalue weighted by Gasteiger charge is 2.44. The number of anilines is 1. The number of hydrogen-bond donors (Lipinski definition) is 0. The number of Topliss-reactive ketones (excluding diaryl/α,β-unsaturated/α-hetero) is 1. The minimum Gasteiger partial charge on any atom is -0.344 e. The second-order valence-corrected chi connectivity index (χ2v) is 12.1. The Morgan fingerprint density at radius 3 is 2.57 bits per heavy atom. The standard InChI is InChI=1S/C27H36F2N4OS/c1-19-30-16-24(35-19)15-23(34)14-21-4-2-20(3-5-21)8-11-32-12-9-22-6-7-26(31-25(22)10-13-32)33-17-27(28,29)18-33/h6-7,16,20-21H,2-5,8-15,17-18H2,1H3. The number of pyridine rings is 1. The summed E-state index contributed by atoms with van der Waals surface area (Å²) in [6, 6.07) is 4.00. The van der Waals surface area contributed by atoms with Crippen molar-refractivity contribution in [3.63, 3.8) is 0 Å². The van der Waals surface area contributed by atoms with Crippen molar-refractivity contribution in [3.8, 4) is 0 Å². The Bertz CT molecular complexity index is 1030. The van der Waals surface area contributed by atoms with E-state index in [0.29, 0.717) is 23.9 Å². The zero-order valence-electron chi connectivity index (χ0n) is 20.6. The third-order valence-corrected chi connectivity index (χ3v) is 8.87. The van der Waals surface area contributed by atoms with Gasteiger partial charge in [0, 0.05) is 49.1 Å². The summed E-state index contributed by atoms with van der Waals surface area (Å²) >= 11 is 1.63. The van der Waals surface area contributed by atoms with E-state index in [-0.39, 0.29) is 13.1 Å². The van der Waals surface area contributed by atoms with E-state index in [4.69, 9.17) is 4.98 Å². The number of carbonyl (C=O) groups is 1. The van der Waals surface area contributed by atoms with Gasteiger partial charge in [-0.2, -0.15) is 0 Å². The summed E-state index contributed by atoms with van der Waals surface area (Å²) in [5, 5.41) is 1.03. The van der Waals surface area contributed by atoms with Gasteiger partial charge in [0.05, 0.1) is 18.1 Å². The number of aromatic nitrogens is 2. The maximum Gasteiger partial charge on any atom is 0.282 e. The van der Waals surface area contributed by atoms with E-state index in [1.54, 1.807) is 16.2 Å². The van der Waals surface area contributed by atoms with Crippen LogP contribution in [0.25, 0.3) is 0 Å². The summed E-state index contributed by atoms with van der Waals surface area (Å²) in [6.07, 6.45) is 11.0. The maximum absolute atomic E-state index is 13.2. The SMILES string of the molecule is Cc1ncc(CC(=O)CC2CCC(CCN3CCc4ccc(N5CC(F)(F)C5)nc4CC3)CC2)s1. The summed E-state index contributed by atoms with van der Waals surface area (Å²) in [5.74, 6) is -0.205. The van der Waals surface area contributed by atoms with Crippen LogP contribution in [0.2, 0.25) is 0 Å². The number of hydrogen-bond acceptors (Lipinski definition) is 6. The van der Waals surface area contributed by atoms with Gasteiger partial charge in [-0.05, 0) is 62.6 Å². The van der Waals surface area contributed by atoms with Gasteiger partial charge in [0.25, 0.3) is 5.92 Å². The fourth-order valence-electron chi connectivity index (χ4n) is 5.86. The van der Waals surface area contributed by atoms with Crippen molar-refractivity contribution >= 4 is 22.9 Å². The molecule has 8 heteroatoms. The molecule has 0 unspecified atom stereocenters. The molecule has 2 aromatic heterocycles. The van der Waals surface area contributed by atoms with E-state index in [0.717, 1.165) is 60.4 Å². The fraction of sp³-hybridized carbons (Fsp3) is 0.667. The van der Waals surface area contributed by atoms with Crippen molar-refractivity contribution < 1.29 is 13.6 Å². The average molecular weight is 503 g/mol. The maximum atomic E-state index is 13.2. The second kappa shape index (κ2) is 10.6. The van der Waals surface area contributed by atoms with Gasteiger partial charge in [-0.1, -0.05) is 18.9 Å². The topological polar surface area (TPSA) is 49.3 Å². The van der Waals surface area contributed by atoms with Crippen LogP contribution >= 0.6 is 11.3 Å². The lowest BCUT2D eigenvalue weighted by Crippen LogP contribution is -2.56. The lowest BCUT2D eigenvalue weighted by molar-refractivity contribution is -0.119. The Labute approximate surface area is 210 Å². The first-order chi connectivity index (χ1) is 16.8. The number of alkyl halides is 2. The van der Waals surface area contributed by atoms with Crippen molar-refractivity contribution in [1.82, 2.24) is 14.9 Å². The Morgan fingerprint density at radius 1 is 1.11 bits per heavy atom. The molecule has 5 rings (SSSR count). The highest BCUT2D eigenvalue weighted by Crippen LogP contribution is 2.34. The molecule has 1 saturated carbocycles. The number of fused-ring (bicyclic) bond motifs is 1. The number of thiazole rings is 1. The summed E-state index contributed by atoms with van der Waals surface area (Å²) in [5.41, 5.74) is 2.35. The van der Waals surface area contributed by atoms with Crippen molar-refractivity contribution in [2.24, 2.45) is 11.8 Å². The molecule has 0 aromatic carbocycles. The van der Waals surface area contributed by atoms with Crippen LogP contribution in [0.15, 0.2) is 18.3 Å². The molecule has 190 valence electrons. The van der Waals surface area contributed by atoms with Crippen LogP contribution in [0.4, 0.5) is 14.6 Å². The molecule has 0 bridgehead atoms. The molecule has 2 aromatic rings. The van der Waals surface area contributed by atoms with Gasteiger partial charge < -0.3 is 9.80 Å². The molecule has 0 radical (unpaired) electrons. The minimum atomic E-state index is -2.57. The zero-order valence-corrected chi connectivity index (χ0v) is 21.5. The first kappa shape index (κ1) is 24.8. The van der Waals surface area contributed by atoms with Crippen LogP contribution in [0.3, 0.4) is 0 Å². The summed E-state index contributed by atoms with van der Waals surface area (Å²) < 4.78 is 26.5. The molecule has 1 saturated heterocycles. The lowest BCUT2D eigenvalue weighted by atomic mass is 9.78. The van der Waals surface area contributed by atoms with Crippen LogP contribution in [0, 0.1) is 18.8 Å². The Balaban J connectivity index is 1.02. The van der Waals surface area contributed by atoms with Gasteiger partial charge in [-0.15, -0.1) is 11.3 Å². The third kappa shape index (κ3) is 6.45. The van der Waals surface area contributed by atoms with Crippen molar-refractivity contribution in [1.29, 1.82) is 0 Å². The van der Waals surface area contributed by atoms with Crippen LogP contribution in [0.5, 0.6) is 0 Å². The first-order valence-electron chi connectivity index (χ1n) is 13.1. The highest BCUT2D eigenvalue weighted by atomic mass is 32.1. The smallest absolute Gasteiger partial charge is 0.282 e. The molecule has 35 heavy (non-hydrogen) atoms. The van der Waals surface area contributed by atoms with Crippen molar-refractivity contribution in [3.05, 3.63) is 39.5 Å². The predicted molar refractivity (Wildman–Crippen MR) is 135 cm³/mol. The van der Waals surface area contributed by atoms with E-state index < -0.39 is 5.92 Å². The minimum absolute atomic E-state index is 0.215. The number of nitrogens with zero attached hydrogens (tertiary/aromatic N) is 4. The summed E-state index contributed by atoms with van der Waals surface area (Å²) in [7, 11) is 0. The molecule has 4 heterocycles. The van der Waals surface area contributed by atoms with Gasteiger partial charge in [0.1, 0.15) is 11.6 Å². The number of halogens is 2. The van der Waals surface area contributed by atoms with Gasteiger partial charge in [-0.3, -0.25) is 4.79 Å². The normalized spacial score (nSPS) is 24.5.